The van der Waals surface area contributed by atoms with Gasteiger partial charge in [0.15, 0.2) is 0 Å². The summed E-state index contributed by atoms with van der Waals surface area (Å²) in [5.74, 6) is -1.02. The molecule has 0 spiro atoms. The number of nitrogens with two attached hydrogens (primary N) is 1. The summed E-state index contributed by atoms with van der Waals surface area (Å²) in [7, 11) is 0. The highest BCUT2D eigenvalue weighted by Gasteiger charge is 2.35. The van der Waals surface area contributed by atoms with Gasteiger partial charge in [-0.2, -0.15) is 0 Å². The van der Waals surface area contributed by atoms with Gasteiger partial charge in [0.1, 0.15) is 0 Å². The number of amides is 1. The molecule has 4 N–H and O–H groups in total. The zero-order valence-electron chi connectivity index (χ0n) is 11.7. The molecule has 1 unspecified atom stereocenters. The molecule has 0 radical (unpaired) electrons. The Labute approximate surface area is 109 Å². The van der Waals surface area contributed by atoms with Crippen LogP contribution in [-0.4, -0.2) is 29.6 Å². The Morgan fingerprint density at radius 2 is 1.83 bits per heavy atom. The van der Waals surface area contributed by atoms with Gasteiger partial charge in [0.05, 0.1) is 5.41 Å². The van der Waals surface area contributed by atoms with Gasteiger partial charge in [-0.25, -0.2) is 0 Å². The maximum atomic E-state index is 11.6. The van der Waals surface area contributed by atoms with Crippen LogP contribution in [0.15, 0.2) is 0 Å². The first-order valence-electron chi connectivity index (χ1n) is 6.67. The molecule has 0 aromatic heterocycles. The minimum absolute atomic E-state index is 0.141. The van der Waals surface area contributed by atoms with Crippen LogP contribution < -0.4 is 11.1 Å². The molecule has 0 rings (SSSR count). The van der Waals surface area contributed by atoms with Crippen LogP contribution in [0.25, 0.3) is 0 Å². The van der Waals surface area contributed by atoms with Crippen molar-refractivity contribution in [2.45, 2.75) is 58.9 Å². The monoisotopic (exact) mass is 258 g/mol. The van der Waals surface area contributed by atoms with Crippen LogP contribution in [0.1, 0.15) is 52.9 Å². The molecule has 0 bridgehead atoms. The molecule has 0 saturated heterocycles. The molecule has 0 heterocycles. The van der Waals surface area contributed by atoms with E-state index in [1.54, 1.807) is 0 Å². The van der Waals surface area contributed by atoms with Crippen molar-refractivity contribution in [1.29, 1.82) is 0 Å². The second-order valence-corrected chi connectivity index (χ2v) is 4.82. The van der Waals surface area contributed by atoms with E-state index in [1.807, 2.05) is 20.8 Å². The summed E-state index contributed by atoms with van der Waals surface area (Å²) in [6.07, 6.45) is 3.01. The Bertz CT molecular complexity index is 275. The maximum absolute atomic E-state index is 11.6. The number of carbonyl (C=O) groups is 2. The van der Waals surface area contributed by atoms with Crippen LogP contribution in [-0.2, 0) is 9.59 Å². The van der Waals surface area contributed by atoms with Crippen molar-refractivity contribution < 1.29 is 14.7 Å². The molecule has 0 aromatic carbocycles. The van der Waals surface area contributed by atoms with Crippen molar-refractivity contribution in [2.75, 3.05) is 6.54 Å². The summed E-state index contributed by atoms with van der Waals surface area (Å²) in [6.45, 7) is 5.84. The molecule has 0 fully saturated rings. The molecular formula is C13H26N2O3. The van der Waals surface area contributed by atoms with Crippen molar-refractivity contribution in [1.82, 2.24) is 5.32 Å². The molecule has 1 amide bonds. The minimum Gasteiger partial charge on any atom is -0.481 e. The number of carboxylic acid groups (broad SMARTS) is 1. The van der Waals surface area contributed by atoms with Crippen molar-refractivity contribution >= 4 is 11.9 Å². The van der Waals surface area contributed by atoms with E-state index in [2.05, 4.69) is 5.32 Å². The van der Waals surface area contributed by atoms with Gasteiger partial charge < -0.3 is 16.2 Å². The standard InChI is InChI=1S/C13H26N2O3/c1-4-7-10(14)8-11(16)15-9-13(5-2,6-3)12(17)18/h10H,4-9,14H2,1-3H3,(H,15,16)(H,17,18). The van der Waals surface area contributed by atoms with Gasteiger partial charge in [0, 0.05) is 19.0 Å². The average molecular weight is 258 g/mol. The van der Waals surface area contributed by atoms with Crippen molar-refractivity contribution in [2.24, 2.45) is 11.1 Å². The van der Waals surface area contributed by atoms with Crippen LogP contribution in [0, 0.1) is 5.41 Å². The molecule has 1 atom stereocenters. The van der Waals surface area contributed by atoms with E-state index < -0.39 is 11.4 Å². The normalized spacial score (nSPS) is 13.1. The van der Waals surface area contributed by atoms with Crippen LogP contribution in [0.5, 0.6) is 0 Å². The van der Waals surface area contributed by atoms with Gasteiger partial charge >= 0.3 is 5.97 Å². The quantitative estimate of drug-likeness (QED) is 0.584. The predicted octanol–water partition coefficient (Wildman–Crippen LogP) is 1.51. The third-order valence-corrected chi connectivity index (χ3v) is 3.54. The van der Waals surface area contributed by atoms with E-state index in [0.29, 0.717) is 12.8 Å². The molecule has 0 aromatic rings. The highest BCUT2D eigenvalue weighted by atomic mass is 16.4. The molecule has 5 heteroatoms. The Hall–Kier alpha value is -1.10. The van der Waals surface area contributed by atoms with Gasteiger partial charge in [-0.1, -0.05) is 27.2 Å². The molecular weight excluding hydrogens is 232 g/mol. The predicted molar refractivity (Wildman–Crippen MR) is 71.2 cm³/mol. The zero-order chi connectivity index (χ0) is 14.2. The smallest absolute Gasteiger partial charge is 0.311 e. The van der Waals surface area contributed by atoms with Gasteiger partial charge in [-0.15, -0.1) is 0 Å². The number of hydrogen-bond donors (Lipinski definition) is 3. The summed E-state index contributed by atoms with van der Waals surface area (Å²) in [6, 6.07) is -0.141. The number of carbonyl (C=O) groups excluding carboxylic acids is 1. The number of hydrogen-bond acceptors (Lipinski definition) is 3. The summed E-state index contributed by atoms with van der Waals surface area (Å²) < 4.78 is 0. The lowest BCUT2D eigenvalue weighted by molar-refractivity contribution is -0.149. The summed E-state index contributed by atoms with van der Waals surface area (Å²) in [5, 5.41) is 11.9. The molecule has 0 aliphatic heterocycles. The fraction of sp³-hybridized carbons (Fsp3) is 0.846. The first-order chi connectivity index (χ1) is 8.41. The number of nitrogens with one attached hydrogen (secondary N) is 1. The van der Waals surface area contributed by atoms with Gasteiger partial charge in [0.2, 0.25) is 5.91 Å². The van der Waals surface area contributed by atoms with Crippen LogP contribution in [0.3, 0.4) is 0 Å². The first kappa shape index (κ1) is 16.9. The van der Waals surface area contributed by atoms with Crippen molar-refractivity contribution in [3.63, 3.8) is 0 Å². The third kappa shape index (κ3) is 5.04. The van der Waals surface area contributed by atoms with E-state index in [4.69, 9.17) is 5.73 Å². The highest BCUT2D eigenvalue weighted by Crippen LogP contribution is 2.25. The van der Waals surface area contributed by atoms with E-state index in [0.717, 1.165) is 12.8 Å². The van der Waals surface area contributed by atoms with Crippen molar-refractivity contribution in [3.05, 3.63) is 0 Å². The van der Waals surface area contributed by atoms with Crippen molar-refractivity contribution in [3.8, 4) is 0 Å². The fourth-order valence-electron chi connectivity index (χ4n) is 1.93. The fourth-order valence-corrected chi connectivity index (χ4v) is 1.93. The second-order valence-electron chi connectivity index (χ2n) is 4.82. The Balaban J connectivity index is 4.28. The van der Waals surface area contributed by atoms with Crippen LogP contribution in [0.4, 0.5) is 0 Å². The first-order valence-corrected chi connectivity index (χ1v) is 6.67. The highest BCUT2D eigenvalue weighted by molar-refractivity contribution is 5.79. The molecule has 5 nitrogen and oxygen atoms in total. The summed E-state index contributed by atoms with van der Waals surface area (Å²) >= 11 is 0. The lowest BCUT2D eigenvalue weighted by Gasteiger charge is -2.27. The van der Waals surface area contributed by atoms with E-state index >= 15 is 0 Å². The lowest BCUT2D eigenvalue weighted by atomic mass is 9.82. The van der Waals surface area contributed by atoms with Crippen LogP contribution in [0.2, 0.25) is 0 Å². The lowest BCUT2D eigenvalue weighted by Crippen LogP contribution is -2.43. The van der Waals surface area contributed by atoms with Gasteiger partial charge in [-0.05, 0) is 19.3 Å². The molecule has 0 saturated carbocycles. The molecule has 0 aliphatic rings. The molecule has 18 heavy (non-hydrogen) atoms. The van der Waals surface area contributed by atoms with Crippen LogP contribution >= 0.6 is 0 Å². The third-order valence-electron chi connectivity index (χ3n) is 3.54. The molecule has 0 aliphatic carbocycles. The number of aliphatic carboxylic acids is 1. The van der Waals surface area contributed by atoms with Gasteiger partial charge in [0.25, 0.3) is 0 Å². The summed E-state index contributed by atoms with van der Waals surface area (Å²) in [4.78, 5) is 22.9. The van der Waals surface area contributed by atoms with E-state index in [9.17, 15) is 14.7 Å². The topological polar surface area (TPSA) is 92.4 Å². The number of rotatable bonds is 9. The Morgan fingerprint density at radius 3 is 2.22 bits per heavy atom. The van der Waals surface area contributed by atoms with Gasteiger partial charge in [-0.3, -0.25) is 9.59 Å². The molecule has 106 valence electrons. The Morgan fingerprint density at radius 1 is 1.28 bits per heavy atom. The summed E-state index contributed by atoms with van der Waals surface area (Å²) in [5.41, 5.74) is 4.92. The SMILES string of the molecule is CCCC(N)CC(=O)NCC(CC)(CC)C(=O)O. The zero-order valence-corrected chi connectivity index (χ0v) is 11.7. The second kappa shape index (κ2) is 8.08. The maximum Gasteiger partial charge on any atom is 0.311 e. The minimum atomic E-state index is -0.857. The van der Waals surface area contributed by atoms with E-state index in [1.165, 1.54) is 0 Å². The Kier molecular flexibility index (Phi) is 7.59. The number of carboxylic acids is 1. The van der Waals surface area contributed by atoms with E-state index in [-0.39, 0.29) is 24.9 Å². The largest absolute Gasteiger partial charge is 0.481 e. The average Bonchev–Trinajstić information content (AvgIpc) is 2.30.